The third kappa shape index (κ3) is 2.67. The summed E-state index contributed by atoms with van der Waals surface area (Å²) in [6, 6.07) is -0.121. The minimum atomic E-state index is -3.83. The Hall–Kier alpha value is -0.660. The Morgan fingerprint density at radius 1 is 1.53 bits per heavy atom. The van der Waals surface area contributed by atoms with E-state index in [-0.39, 0.29) is 19.2 Å². The van der Waals surface area contributed by atoms with Gasteiger partial charge in [-0.3, -0.25) is 4.79 Å². The van der Waals surface area contributed by atoms with E-state index in [1.54, 1.807) is 0 Å². The van der Waals surface area contributed by atoms with E-state index in [1.165, 1.54) is 0 Å². The van der Waals surface area contributed by atoms with Crippen molar-refractivity contribution in [3.05, 3.63) is 0 Å². The van der Waals surface area contributed by atoms with Crippen LogP contribution in [0.15, 0.2) is 0 Å². The van der Waals surface area contributed by atoms with Crippen molar-refractivity contribution in [1.82, 2.24) is 4.31 Å². The van der Waals surface area contributed by atoms with Gasteiger partial charge in [-0.1, -0.05) is 0 Å². The highest BCUT2D eigenvalue weighted by Gasteiger charge is 2.41. The SMILES string of the molecule is CC(C(=O)O)S(=O)(=O)N(CCO)C1CC1. The van der Waals surface area contributed by atoms with Crippen molar-refractivity contribution in [1.29, 1.82) is 0 Å². The van der Waals surface area contributed by atoms with E-state index in [2.05, 4.69) is 0 Å². The number of sulfonamides is 1. The van der Waals surface area contributed by atoms with Crippen molar-refractivity contribution >= 4 is 16.0 Å². The molecule has 0 aromatic carbocycles. The Labute approximate surface area is 88.6 Å². The first kappa shape index (κ1) is 12.4. The standard InChI is InChI=1S/C8H15NO5S/c1-6(8(11)12)15(13,14)9(4-5-10)7-2-3-7/h6-7,10H,2-5H2,1H3,(H,11,12). The largest absolute Gasteiger partial charge is 0.480 e. The van der Waals surface area contributed by atoms with Gasteiger partial charge in [-0.25, -0.2) is 8.42 Å². The topological polar surface area (TPSA) is 94.9 Å². The molecule has 0 aliphatic heterocycles. The summed E-state index contributed by atoms with van der Waals surface area (Å²) in [5.74, 6) is -1.36. The molecule has 0 spiro atoms. The maximum absolute atomic E-state index is 11.8. The summed E-state index contributed by atoms with van der Waals surface area (Å²) in [4.78, 5) is 10.6. The van der Waals surface area contributed by atoms with Crippen LogP contribution in [0.2, 0.25) is 0 Å². The van der Waals surface area contributed by atoms with E-state index >= 15 is 0 Å². The first-order chi connectivity index (χ1) is 6.91. The second kappa shape index (κ2) is 4.46. The predicted octanol–water partition coefficient (Wildman–Crippen LogP) is -0.754. The van der Waals surface area contributed by atoms with E-state index in [9.17, 15) is 13.2 Å². The number of aliphatic hydroxyl groups excluding tert-OH is 1. The molecule has 0 heterocycles. The summed E-state index contributed by atoms with van der Waals surface area (Å²) >= 11 is 0. The van der Waals surface area contributed by atoms with E-state index in [0.717, 1.165) is 24.1 Å². The molecule has 0 bridgehead atoms. The van der Waals surface area contributed by atoms with Gasteiger partial charge in [0, 0.05) is 12.6 Å². The van der Waals surface area contributed by atoms with Crippen LogP contribution in [0.3, 0.4) is 0 Å². The van der Waals surface area contributed by atoms with E-state index in [1.807, 2.05) is 0 Å². The van der Waals surface area contributed by atoms with E-state index < -0.39 is 21.2 Å². The first-order valence-corrected chi connectivity index (χ1v) is 6.26. The number of nitrogens with zero attached hydrogens (tertiary/aromatic N) is 1. The van der Waals surface area contributed by atoms with Gasteiger partial charge < -0.3 is 10.2 Å². The Morgan fingerprint density at radius 3 is 2.40 bits per heavy atom. The molecule has 1 unspecified atom stereocenters. The van der Waals surface area contributed by atoms with Crippen molar-refractivity contribution in [3.8, 4) is 0 Å². The van der Waals surface area contributed by atoms with Crippen LogP contribution in [0.25, 0.3) is 0 Å². The third-order valence-electron chi connectivity index (χ3n) is 2.40. The fourth-order valence-corrected chi connectivity index (χ4v) is 2.93. The molecule has 0 saturated heterocycles. The molecule has 1 atom stereocenters. The molecular formula is C8H15NO5S. The van der Waals surface area contributed by atoms with Crippen molar-refractivity contribution in [2.24, 2.45) is 0 Å². The van der Waals surface area contributed by atoms with Crippen molar-refractivity contribution in [2.75, 3.05) is 13.2 Å². The molecular weight excluding hydrogens is 222 g/mol. The average Bonchev–Trinajstić information content (AvgIpc) is 2.95. The molecule has 6 nitrogen and oxygen atoms in total. The molecule has 0 amide bonds. The number of aliphatic carboxylic acids is 1. The second-order valence-electron chi connectivity index (χ2n) is 3.59. The number of hydrogen-bond acceptors (Lipinski definition) is 4. The molecule has 1 rings (SSSR count). The molecule has 1 saturated carbocycles. The summed E-state index contributed by atoms with van der Waals surface area (Å²) in [5.41, 5.74) is 0. The van der Waals surface area contributed by atoms with Crippen LogP contribution in [0.1, 0.15) is 19.8 Å². The summed E-state index contributed by atoms with van der Waals surface area (Å²) in [6.45, 7) is 0.830. The minimum absolute atomic E-state index is 0.0232. The highest BCUT2D eigenvalue weighted by atomic mass is 32.2. The lowest BCUT2D eigenvalue weighted by Gasteiger charge is -2.22. The number of carboxylic acid groups (broad SMARTS) is 1. The zero-order chi connectivity index (χ0) is 11.6. The average molecular weight is 237 g/mol. The molecule has 0 aromatic rings. The number of carboxylic acids is 1. The van der Waals surface area contributed by atoms with Crippen LogP contribution < -0.4 is 0 Å². The minimum Gasteiger partial charge on any atom is -0.480 e. The van der Waals surface area contributed by atoms with Crippen molar-refractivity contribution < 1.29 is 23.4 Å². The van der Waals surface area contributed by atoms with Crippen molar-refractivity contribution in [3.63, 3.8) is 0 Å². The number of rotatable bonds is 6. The van der Waals surface area contributed by atoms with Gasteiger partial charge >= 0.3 is 5.97 Å². The van der Waals surface area contributed by atoms with Crippen LogP contribution in [0, 0.1) is 0 Å². The molecule has 7 heteroatoms. The van der Waals surface area contributed by atoms with Crippen LogP contribution >= 0.6 is 0 Å². The lowest BCUT2D eigenvalue weighted by molar-refractivity contribution is -0.136. The van der Waals surface area contributed by atoms with Gasteiger partial charge in [-0.05, 0) is 19.8 Å². The number of hydrogen-bond donors (Lipinski definition) is 2. The predicted molar refractivity (Wildman–Crippen MR) is 52.8 cm³/mol. The van der Waals surface area contributed by atoms with E-state index in [0.29, 0.717) is 0 Å². The van der Waals surface area contributed by atoms with Crippen molar-refractivity contribution in [2.45, 2.75) is 31.1 Å². The lowest BCUT2D eigenvalue weighted by Crippen LogP contribution is -2.43. The molecule has 2 N–H and O–H groups in total. The zero-order valence-electron chi connectivity index (χ0n) is 8.46. The Kier molecular flexibility index (Phi) is 3.69. The zero-order valence-corrected chi connectivity index (χ0v) is 9.27. The van der Waals surface area contributed by atoms with Crippen LogP contribution in [-0.4, -0.2) is 53.3 Å². The molecule has 1 aliphatic carbocycles. The van der Waals surface area contributed by atoms with E-state index in [4.69, 9.17) is 10.2 Å². The van der Waals surface area contributed by atoms with Gasteiger partial charge in [0.25, 0.3) is 0 Å². The number of carbonyl (C=O) groups is 1. The summed E-state index contributed by atoms with van der Waals surface area (Å²) in [6.07, 6.45) is 1.48. The Balaban J connectivity index is 2.85. The van der Waals surface area contributed by atoms with Crippen LogP contribution in [0.4, 0.5) is 0 Å². The molecule has 1 aliphatic rings. The quantitative estimate of drug-likeness (QED) is 0.633. The van der Waals surface area contributed by atoms with Crippen LogP contribution in [-0.2, 0) is 14.8 Å². The molecule has 1 fully saturated rings. The number of aliphatic hydroxyl groups is 1. The maximum Gasteiger partial charge on any atom is 0.323 e. The Morgan fingerprint density at radius 2 is 2.07 bits per heavy atom. The summed E-state index contributed by atoms with van der Waals surface area (Å²) in [5, 5.41) is 16.0. The smallest absolute Gasteiger partial charge is 0.323 e. The lowest BCUT2D eigenvalue weighted by atomic mass is 10.5. The molecule has 88 valence electrons. The van der Waals surface area contributed by atoms with Gasteiger partial charge in [0.05, 0.1) is 6.61 Å². The molecule has 0 radical (unpaired) electrons. The second-order valence-corrected chi connectivity index (χ2v) is 5.80. The summed E-state index contributed by atoms with van der Waals surface area (Å²) in [7, 11) is -3.83. The first-order valence-electron chi connectivity index (χ1n) is 4.75. The maximum atomic E-state index is 11.8. The normalized spacial score (nSPS) is 19.1. The van der Waals surface area contributed by atoms with Gasteiger partial charge in [-0.2, -0.15) is 4.31 Å². The highest BCUT2D eigenvalue weighted by molar-refractivity contribution is 7.90. The van der Waals surface area contributed by atoms with Crippen LogP contribution in [0.5, 0.6) is 0 Å². The molecule has 15 heavy (non-hydrogen) atoms. The fourth-order valence-electron chi connectivity index (χ4n) is 1.31. The highest BCUT2D eigenvalue weighted by Crippen LogP contribution is 2.30. The Bertz CT molecular complexity index is 335. The van der Waals surface area contributed by atoms with Gasteiger partial charge in [-0.15, -0.1) is 0 Å². The monoisotopic (exact) mass is 237 g/mol. The molecule has 0 aromatic heterocycles. The van der Waals surface area contributed by atoms with Gasteiger partial charge in [0.1, 0.15) is 0 Å². The fraction of sp³-hybridized carbons (Fsp3) is 0.875. The third-order valence-corrected chi connectivity index (χ3v) is 4.63. The summed E-state index contributed by atoms with van der Waals surface area (Å²) < 4.78 is 24.7. The van der Waals surface area contributed by atoms with Gasteiger partial charge in [0.2, 0.25) is 10.0 Å². The van der Waals surface area contributed by atoms with Gasteiger partial charge in [0.15, 0.2) is 5.25 Å².